The summed E-state index contributed by atoms with van der Waals surface area (Å²) in [6, 6.07) is 4.92. The molecule has 92 valence electrons. The van der Waals surface area contributed by atoms with Gasteiger partial charge in [0.05, 0.1) is 4.92 Å². The smallest absolute Gasteiger partial charge is 0.270 e. The van der Waals surface area contributed by atoms with Crippen LogP contribution in [0.3, 0.4) is 0 Å². The Balaban J connectivity index is 3.14. The van der Waals surface area contributed by atoms with Crippen molar-refractivity contribution in [2.24, 2.45) is 0 Å². The molecule has 6 nitrogen and oxygen atoms in total. The molecule has 0 heterocycles. The lowest BCUT2D eigenvalue weighted by Crippen LogP contribution is -2.23. The molecule has 1 rings (SSSR count). The first-order valence-electron chi connectivity index (χ1n) is 4.35. The predicted octanol–water partition coefficient (Wildman–Crippen LogP) is 1.54. The predicted molar refractivity (Wildman–Crippen MR) is 65.0 cm³/mol. The van der Waals surface area contributed by atoms with E-state index in [1.165, 1.54) is 18.2 Å². The number of nitro benzene ring substituents is 1. The zero-order valence-electron chi connectivity index (χ0n) is 8.66. The van der Waals surface area contributed by atoms with Crippen molar-refractivity contribution in [3.05, 3.63) is 39.9 Å². The number of carbonyl (C=O) groups is 1. The maximum absolute atomic E-state index is 11.7. The standard InChI is InChI=1S/C9H8BrNO5S/c1-17(15,16)9(10)8(12)6-3-2-4-7(5-6)11(13)14/h2-5,9H,1H3/t9-/m1/s1. The summed E-state index contributed by atoms with van der Waals surface area (Å²) in [5.74, 6) is -0.726. The molecular weight excluding hydrogens is 314 g/mol. The van der Waals surface area contributed by atoms with Gasteiger partial charge in [-0.3, -0.25) is 14.9 Å². The Hall–Kier alpha value is -1.28. The summed E-state index contributed by atoms with van der Waals surface area (Å²) in [7, 11) is -3.59. The van der Waals surface area contributed by atoms with Crippen LogP contribution in [0, 0.1) is 10.1 Å². The van der Waals surface area contributed by atoms with E-state index in [4.69, 9.17) is 0 Å². The van der Waals surface area contributed by atoms with Gasteiger partial charge in [0.25, 0.3) is 5.69 Å². The molecule has 1 aromatic rings. The Labute approximate surface area is 106 Å². The first kappa shape index (κ1) is 13.8. The summed E-state index contributed by atoms with van der Waals surface area (Å²) in [6.45, 7) is 0. The second kappa shape index (κ2) is 4.92. The number of Topliss-reactive ketones (excluding diaryl/α,β-unsaturated/α-hetero) is 1. The van der Waals surface area contributed by atoms with E-state index >= 15 is 0 Å². The molecule has 0 aliphatic heterocycles. The van der Waals surface area contributed by atoms with Crippen LogP contribution in [-0.4, -0.2) is 29.5 Å². The zero-order chi connectivity index (χ0) is 13.2. The minimum Gasteiger partial charge on any atom is -0.292 e. The quantitative estimate of drug-likeness (QED) is 0.363. The van der Waals surface area contributed by atoms with E-state index in [-0.39, 0.29) is 11.3 Å². The number of nitro groups is 1. The van der Waals surface area contributed by atoms with Gasteiger partial charge in [-0.1, -0.05) is 28.1 Å². The van der Waals surface area contributed by atoms with Gasteiger partial charge in [0.2, 0.25) is 0 Å². The van der Waals surface area contributed by atoms with Gasteiger partial charge in [-0.2, -0.15) is 0 Å². The molecule has 0 saturated carbocycles. The first-order chi connectivity index (χ1) is 7.73. The molecule has 0 spiro atoms. The van der Waals surface area contributed by atoms with Crippen LogP contribution < -0.4 is 0 Å². The number of benzene rings is 1. The number of halogens is 1. The number of sulfone groups is 1. The van der Waals surface area contributed by atoms with E-state index in [1.54, 1.807) is 0 Å². The molecule has 0 bridgehead atoms. The monoisotopic (exact) mass is 321 g/mol. The minimum atomic E-state index is -3.59. The van der Waals surface area contributed by atoms with Gasteiger partial charge >= 0.3 is 0 Å². The van der Waals surface area contributed by atoms with Crippen molar-refractivity contribution in [1.82, 2.24) is 0 Å². The molecule has 0 unspecified atom stereocenters. The van der Waals surface area contributed by atoms with Crippen molar-refractivity contribution in [3.63, 3.8) is 0 Å². The van der Waals surface area contributed by atoms with Crippen molar-refractivity contribution >= 4 is 37.2 Å². The highest BCUT2D eigenvalue weighted by molar-refractivity contribution is 9.11. The number of non-ortho nitro benzene ring substituents is 1. The Morgan fingerprint density at radius 2 is 2.06 bits per heavy atom. The summed E-state index contributed by atoms with van der Waals surface area (Å²) >= 11 is 2.75. The van der Waals surface area contributed by atoms with Gasteiger partial charge in [-0.15, -0.1) is 0 Å². The van der Waals surface area contributed by atoms with Gasteiger partial charge in [-0.25, -0.2) is 8.42 Å². The Morgan fingerprint density at radius 3 is 2.53 bits per heavy atom. The third-order valence-corrected chi connectivity index (χ3v) is 5.34. The summed E-state index contributed by atoms with van der Waals surface area (Å²) < 4.78 is 20.9. The average molecular weight is 322 g/mol. The average Bonchev–Trinajstić information content (AvgIpc) is 2.26. The molecule has 1 atom stereocenters. The van der Waals surface area contributed by atoms with Crippen LogP contribution in [0.2, 0.25) is 0 Å². The molecule has 17 heavy (non-hydrogen) atoms. The molecule has 0 fully saturated rings. The van der Waals surface area contributed by atoms with Crippen LogP contribution >= 0.6 is 15.9 Å². The SMILES string of the molecule is CS(=O)(=O)[C@@H](Br)C(=O)c1cccc([N+](=O)[O-])c1. The molecule has 0 aliphatic carbocycles. The van der Waals surface area contributed by atoms with Gasteiger partial charge in [0.1, 0.15) is 0 Å². The number of nitrogens with zero attached hydrogens (tertiary/aromatic N) is 1. The highest BCUT2D eigenvalue weighted by Gasteiger charge is 2.27. The topological polar surface area (TPSA) is 94.3 Å². The lowest BCUT2D eigenvalue weighted by atomic mass is 10.1. The third-order valence-electron chi connectivity index (χ3n) is 1.92. The molecule has 0 aliphatic rings. The Kier molecular flexibility index (Phi) is 3.99. The van der Waals surface area contributed by atoms with Crippen molar-refractivity contribution in [2.75, 3.05) is 6.26 Å². The first-order valence-corrected chi connectivity index (χ1v) is 7.22. The summed E-state index contributed by atoms with van der Waals surface area (Å²) in [4.78, 5) is 21.6. The molecule has 0 radical (unpaired) electrons. The van der Waals surface area contributed by atoms with Crippen molar-refractivity contribution in [2.45, 2.75) is 4.16 Å². The fraction of sp³-hybridized carbons (Fsp3) is 0.222. The number of carbonyl (C=O) groups excluding carboxylic acids is 1. The number of alkyl halides is 1. The molecule has 0 amide bonds. The summed E-state index contributed by atoms with van der Waals surface area (Å²) in [5.41, 5.74) is -0.282. The van der Waals surface area contributed by atoms with Gasteiger partial charge in [-0.05, 0) is 0 Å². The van der Waals surface area contributed by atoms with Crippen LogP contribution in [0.25, 0.3) is 0 Å². The van der Waals surface area contributed by atoms with Gasteiger partial charge in [0, 0.05) is 24.0 Å². The second-order valence-corrected chi connectivity index (χ2v) is 6.97. The summed E-state index contributed by atoms with van der Waals surface area (Å²) in [5, 5.41) is 10.5. The Morgan fingerprint density at radius 1 is 1.47 bits per heavy atom. The van der Waals surface area contributed by atoms with Crippen LogP contribution in [0.5, 0.6) is 0 Å². The number of rotatable bonds is 4. The second-order valence-electron chi connectivity index (χ2n) is 3.32. The van der Waals surface area contributed by atoms with Crippen molar-refractivity contribution in [1.29, 1.82) is 0 Å². The fourth-order valence-corrected chi connectivity index (χ4v) is 1.89. The minimum absolute atomic E-state index is 0.0218. The van der Waals surface area contributed by atoms with Crippen LogP contribution in [0.4, 0.5) is 5.69 Å². The Bertz CT molecular complexity index is 569. The maximum Gasteiger partial charge on any atom is 0.270 e. The molecule has 8 heteroatoms. The van der Waals surface area contributed by atoms with Gasteiger partial charge in [0.15, 0.2) is 19.8 Å². The highest BCUT2D eigenvalue weighted by Crippen LogP contribution is 2.19. The van der Waals surface area contributed by atoms with Crippen LogP contribution in [-0.2, 0) is 9.84 Å². The number of hydrogen-bond acceptors (Lipinski definition) is 5. The van der Waals surface area contributed by atoms with E-state index in [0.717, 1.165) is 12.3 Å². The van der Waals surface area contributed by atoms with Crippen molar-refractivity contribution in [3.8, 4) is 0 Å². The largest absolute Gasteiger partial charge is 0.292 e. The number of ketones is 1. The maximum atomic E-state index is 11.7. The van der Waals surface area contributed by atoms with Crippen molar-refractivity contribution < 1.29 is 18.1 Å². The molecule has 0 saturated heterocycles. The van der Waals surface area contributed by atoms with Crippen LogP contribution in [0.15, 0.2) is 24.3 Å². The van der Waals surface area contributed by atoms with E-state index in [9.17, 15) is 23.3 Å². The molecule has 0 aromatic heterocycles. The molecular formula is C9H8BrNO5S. The normalized spacial score (nSPS) is 13.1. The van der Waals surface area contributed by atoms with E-state index in [1.807, 2.05) is 0 Å². The van der Waals surface area contributed by atoms with Crippen LogP contribution in [0.1, 0.15) is 10.4 Å². The summed E-state index contributed by atoms with van der Waals surface area (Å²) in [6.07, 6.45) is 0.904. The highest BCUT2D eigenvalue weighted by atomic mass is 79.9. The lowest BCUT2D eigenvalue weighted by molar-refractivity contribution is -0.384. The van der Waals surface area contributed by atoms with E-state index in [2.05, 4.69) is 15.9 Å². The molecule has 0 N–H and O–H groups in total. The van der Waals surface area contributed by atoms with Gasteiger partial charge < -0.3 is 0 Å². The lowest BCUT2D eigenvalue weighted by Gasteiger charge is -2.06. The van der Waals surface area contributed by atoms with E-state index in [0.29, 0.717) is 0 Å². The van der Waals surface area contributed by atoms with E-state index < -0.39 is 24.7 Å². The third kappa shape index (κ3) is 3.34. The molecule has 1 aromatic carbocycles. The fourth-order valence-electron chi connectivity index (χ4n) is 1.10. The zero-order valence-corrected chi connectivity index (χ0v) is 11.1. The number of hydrogen-bond donors (Lipinski definition) is 0.